The van der Waals surface area contributed by atoms with E-state index in [1.54, 1.807) is 0 Å². The Kier molecular flexibility index (Phi) is 4.10. The number of benzene rings is 1. The number of hydrogen-bond acceptors (Lipinski definition) is 4. The van der Waals surface area contributed by atoms with Gasteiger partial charge in [-0.15, -0.1) is 0 Å². The summed E-state index contributed by atoms with van der Waals surface area (Å²) >= 11 is 0. The van der Waals surface area contributed by atoms with Gasteiger partial charge >= 0.3 is 6.03 Å². The first-order valence-corrected chi connectivity index (χ1v) is 9.27. The van der Waals surface area contributed by atoms with Gasteiger partial charge in [-0.1, -0.05) is 24.3 Å². The molecule has 0 spiro atoms. The topological polar surface area (TPSA) is 95.5 Å². The van der Waals surface area contributed by atoms with E-state index in [1.165, 1.54) is 0 Å². The summed E-state index contributed by atoms with van der Waals surface area (Å²) in [5, 5.41) is 15.6. The molecule has 2 aliphatic rings. The Balaban J connectivity index is 1.54. The van der Waals surface area contributed by atoms with Gasteiger partial charge in [0, 0.05) is 13.0 Å². The molecule has 6 nitrogen and oxygen atoms in total. The van der Waals surface area contributed by atoms with Gasteiger partial charge in [0.2, 0.25) is 0 Å². The maximum absolute atomic E-state index is 12.0. The molecule has 22 heavy (non-hydrogen) atoms. The third kappa shape index (κ3) is 3.25. The van der Waals surface area contributed by atoms with Crippen molar-refractivity contribution in [1.82, 2.24) is 10.6 Å². The maximum atomic E-state index is 12.0. The zero-order chi connectivity index (χ0) is 15.7. The zero-order valence-electron chi connectivity index (χ0n) is 12.2. The molecule has 1 aliphatic heterocycles. The fourth-order valence-corrected chi connectivity index (χ4v) is 5.07. The van der Waals surface area contributed by atoms with Crippen molar-refractivity contribution in [3.05, 3.63) is 35.4 Å². The normalized spacial score (nSPS) is 29.0. The summed E-state index contributed by atoms with van der Waals surface area (Å²) in [6, 6.07) is 6.86. The molecule has 7 heteroatoms. The van der Waals surface area contributed by atoms with E-state index in [0.717, 1.165) is 11.1 Å². The number of nitrogens with one attached hydrogen (secondary N) is 2. The van der Waals surface area contributed by atoms with Gasteiger partial charge in [0.25, 0.3) is 0 Å². The van der Waals surface area contributed by atoms with E-state index < -0.39 is 22.0 Å². The van der Waals surface area contributed by atoms with E-state index in [-0.39, 0.29) is 23.5 Å². The van der Waals surface area contributed by atoms with Crippen molar-refractivity contribution in [2.45, 2.75) is 25.0 Å². The summed E-state index contributed by atoms with van der Waals surface area (Å²) in [4.78, 5) is 12.0. The molecule has 1 aromatic carbocycles. The van der Waals surface area contributed by atoms with Gasteiger partial charge in [0.15, 0.2) is 9.84 Å². The van der Waals surface area contributed by atoms with Crippen LogP contribution in [0.25, 0.3) is 0 Å². The highest BCUT2D eigenvalue weighted by molar-refractivity contribution is 7.91. The summed E-state index contributed by atoms with van der Waals surface area (Å²) in [6.45, 7) is 0.343. The summed E-state index contributed by atoms with van der Waals surface area (Å²) < 4.78 is 22.8. The number of amides is 2. The molecule has 3 N–H and O–H groups in total. The van der Waals surface area contributed by atoms with Gasteiger partial charge in [-0.2, -0.15) is 0 Å². The SMILES string of the molecule is O=C(NCC1CCS(=O)(=O)C1)N[C@H]1c2ccccc2C[C@H]1O. The Morgan fingerprint density at radius 2 is 2.09 bits per heavy atom. The van der Waals surface area contributed by atoms with Crippen molar-refractivity contribution >= 4 is 15.9 Å². The molecule has 120 valence electrons. The maximum Gasteiger partial charge on any atom is 0.315 e. The van der Waals surface area contributed by atoms with E-state index in [2.05, 4.69) is 10.6 Å². The Morgan fingerprint density at radius 3 is 2.82 bits per heavy atom. The van der Waals surface area contributed by atoms with Crippen LogP contribution in [-0.4, -0.2) is 43.7 Å². The highest BCUT2D eigenvalue weighted by Gasteiger charge is 2.32. The Labute approximate surface area is 129 Å². The Morgan fingerprint density at radius 1 is 1.32 bits per heavy atom. The molecule has 1 heterocycles. The molecule has 3 atom stereocenters. The molecular formula is C15H20N2O4S. The number of urea groups is 1. The summed E-state index contributed by atoms with van der Waals surface area (Å²) in [6.07, 6.45) is 0.495. The molecule has 1 saturated heterocycles. The van der Waals surface area contributed by atoms with Crippen LogP contribution in [0.15, 0.2) is 24.3 Å². The lowest BCUT2D eigenvalue weighted by atomic mass is 10.1. The van der Waals surface area contributed by atoms with Crippen molar-refractivity contribution in [3.63, 3.8) is 0 Å². The average molecular weight is 324 g/mol. The summed E-state index contributed by atoms with van der Waals surface area (Å²) in [5.74, 6) is 0.328. The highest BCUT2D eigenvalue weighted by atomic mass is 32.2. The van der Waals surface area contributed by atoms with Gasteiger partial charge in [0.1, 0.15) is 0 Å². The van der Waals surface area contributed by atoms with Gasteiger partial charge in [0.05, 0.1) is 23.7 Å². The largest absolute Gasteiger partial charge is 0.390 e. The first-order valence-electron chi connectivity index (χ1n) is 7.45. The van der Waals surface area contributed by atoms with E-state index in [4.69, 9.17) is 0 Å². The summed E-state index contributed by atoms with van der Waals surface area (Å²) in [5.41, 5.74) is 1.98. The molecule has 3 rings (SSSR count). The molecule has 1 aromatic rings. The minimum Gasteiger partial charge on any atom is -0.390 e. The van der Waals surface area contributed by atoms with Gasteiger partial charge in [-0.3, -0.25) is 0 Å². The second-order valence-electron chi connectivity index (χ2n) is 6.07. The van der Waals surface area contributed by atoms with Crippen molar-refractivity contribution in [2.75, 3.05) is 18.1 Å². The minimum atomic E-state index is -2.93. The van der Waals surface area contributed by atoms with Crippen molar-refractivity contribution in [2.24, 2.45) is 5.92 Å². The van der Waals surface area contributed by atoms with E-state index in [1.807, 2.05) is 24.3 Å². The highest BCUT2D eigenvalue weighted by Crippen LogP contribution is 2.31. The minimum absolute atomic E-state index is 0.0171. The van der Waals surface area contributed by atoms with Crippen LogP contribution in [0, 0.1) is 5.92 Å². The van der Waals surface area contributed by atoms with Crippen LogP contribution >= 0.6 is 0 Å². The number of hydrogen-bond donors (Lipinski definition) is 3. The van der Waals surface area contributed by atoms with Crippen LogP contribution in [-0.2, 0) is 16.3 Å². The van der Waals surface area contributed by atoms with Gasteiger partial charge < -0.3 is 15.7 Å². The first-order chi connectivity index (χ1) is 10.4. The van der Waals surface area contributed by atoms with Crippen LogP contribution in [0.4, 0.5) is 4.79 Å². The smallest absolute Gasteiger partial charge is 0.315 e. The fraction of sp³-hybridized carbons (Fsp3) is 0.533. The van der Waals surface area contributed by atoms with Crippen molar-refractivity contribution in [1.29, 1.82) is 0 Å². The van der Waals surface area contributed by atoms with Crippen LogP contribution in [0.1, 0.15) is 23.6 Å². The molecule has 1 unspecified atom stereocenters. The third-order valence-electron chi connectivity index (χ3n) is 4.37. The fourth-order valence-electron chi connectivity index (χ4n) is 3.21. The second kappa shape index (κ2) is 5.89. The number of rotatable bonds is 3. The van der Waals surface area contributed by atoms with E-state index >= 15 is 0 Å². The monoisotopic (exact) mass is 324 g/mol. The van der Waals surface area contributed by atoms with E-state index in [0.29, 0.717) is 19.4 Å². The average Bonchev–Trinajstić information content (AvgIpc) is 2.97. The summed E-state index contributed by atoms with van der Waals surface area (Å²) in [7, 11) is -2.93. The molecule has 1 aliphatic carbocycles. The molecule has 0 aromatic heterocycles. The Bertz CT molecular complexity index is 674. The molecule has 0 saturated carbocycles. The van der Waals surface area contributed by atoms with Crippen LogP contribution in [0.5, 0.6) is 0 Å². The molecular weight excluding hydrogens is 304 g/mol. The number of sulfone groups is 1. The lowest BCUT2D eigenvalue weighted by molar-refractivity contribution is 0.142. The Hall–Kier alpha value is -1.60. The predicted molar refractivity (Wildman–Crippen MR) is 82.2 cm³/mol. The van der Waals surface area contributed by atoms with Gasteiger partial charge in [-0.05, 0) is 23.5 Å². The van der Waals surface area contributed by atoms with Crippen LogP contribution in [0.2, 0.25) is 0 Å². The van der Waals surface area contributed by atoms with Crippen molar-refractivity contribution in [3.8, 4) is 0 Å². The quantitative estimate of drug-likeness (QED) is 0.749. The zero-order valence-corrected chi connectivity index (χ0v) is 13.0. The number of carbonyl (C=O) groups excluding carboxylic acids is 1. The van der Waals surface area contributed by atoms with Gasteiger partial charge in [-0.25, -0.2) is 13.2 Å². The first kappa shape index (κ1) is 15.3. The lowest BCUT2D eigenvalue weighted by Gasteiger charge is -2.19. The number of aliphatic hydroxyl groups excluding tert-OH is 1. The number of aliphatic hydroxyl groups is 1. The second-order valence-corrected chi connectivity index (χ2v) is 8.30. The third-order valence-corrected chi connectivity index (χ3v) is 6.21. The molecule has 0 bridgehead atoms. The standard InChI is InChI=1S/C15H20N2O4S/c18-13-7-11-3-1-2-4-12(11)14(13)17-15(19)16-8-10-5-6-22(20,21)9-10/h1-4,10,13-14,18H,5-9H2,(H2,16,17,19)/t10?,13-,14+/m1/s1. The van der Waals surface area contributed by atoms with Crippen LogP contribution in [0.3, 0.4) is 0 Å². The lowest BCUT2D eigenvalue weighted by Crippen LogP contribution is -2.42. The molecule has 1 fully saturated rings. The molecule has 0 radical (unpaired) electrons. The van der Waals surface area contributed by atoms with E-state index in [9.17, 15) is 18.3 Å². The number of fused-ring (bicyclic) bond motifs is 1. The predicted octanol–water partition coefficient (Wildman–Crippen LogP) is 0.379. The van der Waals surface area contributed by atoms with Crippen molar-refractivity contribution < 1.29 is 18.3 Å². The van der Waals surface area contributed by atoms with Crippen LogP contribution < -0.4 is 10.6 Å². The number of carbonyl (C=O) groups is 1. The molecule has 2 amide bonds.